The van der Waals surface area contributed by atoms with E-state index in [9.17, 15) is 4.79 Å². The molecule has 0 unspecified atom stereocenters. The number of carbonyl (C=O) groups is 1. The number of rotatable bonds is 4. The number of nitrogens with zero attached hydrogens (tertiary/aromatic N) is 3. The van der Waals surface area contributed by atoms with Crippen LogP contribution in [-0.2, 0) is 6.54 Å². The van der Waals surface area contributed by atoms with Gasteiger partial charge in [0.15, 0.2) is 5.69 Å². The number of amides is 1. The highest BCUT2D eigenvalue weighted by Gasteiger charge is 2.30. The maximum Gasteiger partial charge on any atom is 0.274 e. The molecule has 0 aliphatic carbocycles. The number of likely N-dealkylation sites (tertiary alicyclic amines) is 1. The molecule has 0 N–H and O–H groups in total. The van der Waals surface area contributed by atoms with Gasteiger partial charge < -0.3 is 9.64 Å². The second kappa shape index (κ2) is 7.07. The SMILES string of the molecule is CCn1nc(C(=O)N2CCCC[C@@H]2c2cccc(OC)c2)cc1C. The van der Waals surface area contributed by atoms with Crippen LogP contribution in [0.5, 0.6) is 5.75 Å². The third kappa shape index (κ3) is 3.16. The highest BCUT2D eigenvalue weighted by Crippen LogP contribution is 2.33. The van der Waals surface area contributed by atoms with Gasteiger partial charge in [0.05, 0.1) is 13.2 Å². The largest absolute Gasteiger partial charge is 0.497 e. The lowest BCUT2D eigenvalue weighted by atomic mass is 9.94. The Morgan fingerprint density at radius 3 is 2.88 bits per heavy atom. The maximum atomic E-state index is 13.0. The van der Waals surface area contributed by atoms with E-state index < -0.39 is 0 Å². The van der Waals surface area contributed by atoms with Gasteiger partial charge in [0.1, 0.15) is 5.75 Å². The fourth-order valence-electron chi connectivity index (χ4n) is 3.45. The van der Waals surface area contributed by atoms with Gasteiger partial charge in [-0.25, -0.2) is 0 Å². The van der Waals surface area contributed by atoms with Crippen molar-refractivity contribution in [3.8, 4) is 5.75 Å². The molecule has 1 fully saturated rings. The number of aryl methyl sites for hydroxylation is 2. The lowest BCUT2D eigenvalue weighted by Gasteiger charge is -2.35. The average molecular weight is 327 g/mol. The molecule has 2 aromatic rings. The molecule has 2 heterocycles. The second-order valence-corrected chi connectivity index (χ2v) is 6.27. The first-order valence-corrected chi connectivity index (χ1v) is 8.63. The normalized spacial score (nSPS) is 17.8. The maximum absolute atomic E-state index is 13.0. The Labute approximate surface area is 143 Å². The quantitative estimate of drug-likeness (QED) is 0.862. The summed E-state index contributed by atoms with van der Waals surface area (Å²) < 4.78 is 7.21. The zero-order valence-corrected chi connectivity index (χ0v) is 14.7. The van der Waals surface area contributed by atoms with E-state index in [0.29, 0.717) is 5.69 Å². The van der Waals surface area contributed by atoms with E-state index in [1.807, 2.05) is 47.7 Å². The summed E-state index contributed by atoms with van der Waals surface area (Å²) >= 11 is 0. The summed E-state index contributed by atoms with van der Waals surface area (Å²) in [4.78, 5) is 15.0. The number of benzene rings is 1. The lowest BCUT2D eigenvalue weighted by Crippen LogP contribution is -2.38. The van der Waals surface area contributed by atoms with Crippen LogP contribution < -0.4 is 4.74 Å². The van der Waals surface area contributed by atoms with Crippen molar-refractivity contribution in [3.05, 3.63) is 47.3 Å². The summed E-state index contributed by atoms with van der Waals surface area (Å²) in [5.41, 5.74) is 2.70. The molecule has 3 rings (SSSR count). The zero-order chi connectivity index (χ0) is 17.1. The van der Waals surface area contributed by atoms with Crippen molar-refractivity contribution in [2.75, 3.05) is 13.7 Å². The number of methoxy groups -OCH3 is 1. The number of hydrogen-bond acceptors (Lipinski definition) is 3. The molecular formula is C19H25N3O2. The van der Waals surface area contributed by atoms with Crippen molar-refractivity contribution in [2.45, 2.75) is 45.7 Å². The van der Waals surface area contributed by atoms with E-state index in [4.69, 9.17) is 4.74 Å². The highest BCUT2D eigenvalue weighted by molar-refractivity contribution is 5.92. The first kappa shape index (κ1) is 16.6. The van der Waals surface area contributed by atoms with E-state index in [1.165, 1.54) is 0 Å². The third-order valence-corrected chi connectivity index (χ3v) is 4.74. The Bertz CT molecular complexity index is 723. The predicted molar refractivity (Wildman–Crippen MR) is 93.3 cm³/mol. The highest BCUT2D eigenvalue weighted by atomic mass is 16.5. The summed E-state index contributed by atoms with van der Waals surface area (Å²) in [5, 5.41) is 4.47. The van der Waals surface area contributed by atoms with Crippen LogP contribution in [0.2, 0.25) is 0 Å². The Hall–Kier alpha value is -2.30. The molecule has 1 aromatic carbocycles. The molecule has 5 nitrogen and oxygen atoms in total. The van der Waals surface area contributed by atoms with Crippen LogP contribution in [0.1, 0.15) is 54.0 Å². The molecule has 1 saturated heterocycles. The topological polar surface area (TPSA) is 47.4 Å². The number of aromatic nitrogens is 2. The minimum atomic E-state index is 0.0258. The molecule has 1 amide bonds. The van der Waals surface area contributed by atoms with Crippen molar-refractivity contribution < 1.29 is 9.53 Å². The van der Waals surface area contributed by atoms with Crippen molar-refractivity contribution in [3.63, 3.8) is 0 Å². The number of hydrogen-bond donors (Lipinski definition) is 0. The minimum absolute atomic E-state index is 0.0258. The molecule has 0 radical (unpaired) electrons. The summed E-state index contributed by atoms with van der Waals surface area (Å²) in [6.07, 6.45) is 3.15. The van der Waals surface area contributed by atoms with Crippen LogP contribution in [0.15, 0.2) is 30.3 Å². The Morgan fingerprint density at radius 1 is 1.33 bits per heavy atom. The van der Waals surface area contributed by atoms with Crippen molar-refractivity contribution in [2.24, 2.45) is 0 Å². The molecule has 1 aliphatic rings. The van der Waals surface area contributed by atoms with Gasteiger partial charge in [-0.05, 0) is 56.9 Å². The lowest BCUT2D eigenvalue weighted by molar-refractivity contribution is 0.0604. The molecular weight excluding hydrogens is 302 g/mol. The van der Waals surface area contributed by atoms with Crippen molar-refractivity contribution >= 4 is 5.91 Å². The van der Waals surface area contributed by atoms with Crippen LogP contribution in [0.4, 0.5) is 0 Å². The molecule has 1 aromatic heterocycles. The fourth-order valence-corrected chi connectivity index (χ4v) is 3.45. The van der Waals surface area contributed by atoms with Crippen LogP contribution in [-0.4, -0.2) is 34.2 Å². The predicted octanol–water partition coefficient (Wildman–Crippen LogP) is 3.59. The number of ether oxygens (including phenoxy) is 1. The van der Waals surface area contributed by atoms with Gasteiger partial charge in [-0.15, -0.1) is 0 Å². The van der Waals surface area contributed by atoms with Crippen LogP contribution in [0, 0.1) is 6.92 Å². The van der Waals surface area contributed by atoms with Gasteiger partial charge in [-0.1, -0.05) is 12.1 Å². The van der Waals surface area contributed by atoms with Crippen LogP contribution >= 0.6 is 0 Å². The smallest absolute Gasteiger partial charge is 0.274 e. The minimum Gasteiger partial charge on any atom is -0.497 e. The molecule has 1 atom stereocenters. The van der Waals surface area contributed by atoms with Crippen molar-refractivity contribution in [1.29, 1.82) is 0 Å². The summed E-state index contributed by atoms with van der Waals surface area (Å²) in [7, 11) is 1.67. The van der Waals surface area contributed by atoms with Crippen LogP contribution in [0.3, 0.4) is 0 Å². The van der Waals surface area contributed by atoms with E-state index in [1.54, 1.807) is 7.11 Å². The van der Waals surface area contributed by atoms with Crippen LogP contribution in [0.25, 0.3) is 0 Å². The Balaban J connectivity index is 1.89. The first-order valence-electron chi connectivity index (χ1n) is 8.63. The van der Waals surface area contributed by atoms with E-state index >= 15 is 0 Å². The molecule has 0 saturated carbocycles. The van der Waals surface area contributed by atoms with Gasteiger partial charge in [-0.2, -0.15) is 5.10 Å². The van der Waals surface area contributed by atoms with E-state index in [2.05, 4.69) is 11.2 Å². The van der Waals surface area contributed by atoms with Gasteiger partial charge in [0.25, 0.3) is 5.91 Å². The van der Waals surface area contributed by atoms with Gasteiger partial charge in [0.2, 0.25) is 0 Å². The fraction of sp³-hybridized carbons (Fsp3) is 0.474. The molecule has 0 spiro atoms. The summed E-state index contributed by atoms with van der Waals surface area (Å²) in [5.74, 6) is 0.856. The third-order valence-electron chi connectivity index (χ3n) is 4.74. The molecule has 0 bridgehead atoms. The second-order valence-electron chi connectivity index (χ2n) is 6.27. The Kier molecular flexibility index (Phi) is 4.88. The molecule has 128 valence electrons. The van der Waals surface area contributed by atoms with E-state index in [-0.39, 0.29) is 11.9 Å². The summed E-state index contributed by atoms with van der Waals surface area (Å²) in [6.45, 7) is 5.58. The Morgan fingerprint density at radius 2 is 2.17 bits per heavy atom. The average Bonchev–Trinajstić information content (AvgIpc) is 3.02. The van der Waals surface area contributed by atoms with Gasteiger partial charge in [0, 0.05) is 18.8 Å². The zero-order valence-electron chi connectivity index (χ0n) is 14.7. The first-order chi connectivity index (χ1) is 11.6. The molecule has 24 heavy (non-hydrogen) atoms. The number of piperidine rings is 1. The van der Waals surface area contributed by atoms with Gasteiger partial charge in [-0.3, -0.25) is 9.48 Å². The molecule has 5 heteroatoms. The van der Waals surface area contributed by atoms with Gasteiger partial charge >= 0.3 is 0 Å². The van der Waals surface area contributed by atoms with E-state index in [0.717, 1.165) is 49.4 Å². The summed E-state index contributed by atoms with van der Waals surface area (Å²) in [6, 6.07) is 10.0. The standard InChI is InChI=1S/C19H25N3O2/c1-4-22-14(2)12-17(20-22)19(23)21-11-6-5-10-18(21)15-8-7-9-16(13-15)24-3/h7-9,12-13,18H,4-6,10-11H2,1-3H3/t18-/m1/s1. The number of carbonyl (C=O) groups excluding carboxylic acids is 1. The molecule has 1 aliphatic heterocycles. The van der Waals surface area contributed by atoms with Crippen molar-refractivity contribution in [1.82, 2.24) is 14.7 Å². The monoisotopic (exact) mass is 327 g/mol.